The topological polar surface area (TPSA) is 12.0 Å². The second-order valence-corrected chi connectivity index (χ2v) is 4.82. The number of benzene rings is 1. The van der Waals surface area contributed by atoms with Gasteiger partial charge in [0.25, 0.3) is 0 Å². The van der Waals surface area contributed by atoms with Crippen LogP contribution in [0, 0.1) is 0 Å². The predicted octanol–water partition coefficient (Wildman–Crippen LogP) is 4.94. The first-order valence-corrected chi connectivity index (χ1v) is 6.86. The van der Waals surface area contributed by atoms with Crippen LogP contribution in [0.2, 0.25) is 0 Å². The molecule has 108 valence electrons. The van der Waals surface area contributed by atoms with Crippen molar-refractivity contribution in [2.24, 2.45) is 0 Å². The average molecular weight is 273 g/mol. The molecule has 0 aliphatic rings. The molecule has 0 aromatic heterocycles. The van der Waals surface area contributed by atoms with Gasteiger partial charge in [-0.15, -0.1) is 0 Å². The molecule has 0 spiro atoms. The van der Waals surface area contributed by atoms with E-state index in [1.807, 2.05) is 0 Å². The van der Waals surface area contributed by atoms with Crippen LogP contribution in [0.4, 0.5) is 13.2 Å². The normalized spacial score (nSPS) is 13.5. The number of hydrogen-bond acceptors (Lipinski definition) is 1. The van der Waals surface area contributed by atoms with E-state index in [9.17, 15) is 13.2 Å². The van der Waals surface area contributed by atoms with Gasteiger partial charge in [-0.05, 0) is 31.5 Å². The molecule has 1 rings (SSSR count). The number of alkyl halides is 3. The van der Waals surface area contributed by atoms with Gasteiger partial charge >= 0.3 is 6.18 Å². The maximum Gasteiger partial charge on any atom is 0.416 e. The standard InChI is InChI=1S/C15H22F3N/c1-3-4-5-8-11-19-12(2)13-9-6-7-10-14(13)15(16,17)18/h6-7,9-10,12,19H,3-5,8,11H2,1-2H3. The third-order valence-corrected chi connectivity index (χ3v) is 3.21. The van der Waals surface area contributed by atoms with Crippen LogP contribution in [0.5, 0.6) is 0 Å². The van der Waals surface area contributed by atoms with Crippen molar-refractivity contribution in [2.75, 3.05) is 6.54 Å². The van der Waals surface area contributed by atoms with Crippen LogP contribution in [0.3, 0.4) is 0 Å². The first-order valence-electron chi connectivity index (χ1n) is 6.86. The summed E-state index contributed by atoms with van der Waals surface area (Å²) < 4.78 is 38.6. The van der Waals surface area contributed by atoms with E-state index in [0.717, 1.165) is 31.9 Å². The minimum absolute atomic E-state index is 0.278. The minimum atomic E-state index is -4.28. The van der Waals surface area contributed by atoms with Crippen molar-refractivity contribution in [1.29, 1.82) is 0 Å². The highest BCUT2D eigenvalue weighted by molar-refractivity contribution is 5.31. The van der Waals surface area contributed by atoms with Crippen molar-refractivity contribution in [3.63, 3.8) is 0 Å². The van der Waals surface area contributed by atoms with Crippen molar-refractivity contribution >= 4 is 0 Å². The third kappa shape index (κ3) is 5.23. The summed E-state index contributed by atoms with van der Waals surface area (Å²) >= 11 is 0. The Hall–Kier alpha value is -1.03. The van der Waals surface area contributed by atoms with Crippen molar-refractivity contribution < 1.29 is 13.2 Å². The lowest BCUT2D eigenvalue weighted by Gasteiger charge is -2.19. The monoisotopic (exact) mass is 273 g/mol. The summed E-state index contributed by atoms with van der Waals surface area (Å²) in [5, 5.41) is 3.17. The molecule has 0 amide bonds. The van der Waals surface area contributed by atoms with Gasteiger partial charge in [0.15, 0.2) is 0 Å². The molecular weight excluding hydrogens is 251 g/mol. The molecule has 1 N–H and O–H groups in total. The zero-order chi connectivity index (χ0) is 14.3. The van der Waals surface area contributed by atoms with Gasteiger partial charge in [0.2, 0.25) is 0 Å². The smallest absolute Gasteiger partial charge is 0.310 e. The Bertz CT molecular complexity index is 374. The van der Waals surface area contributed by atoms with Crippen LogP contribution in [0.15, 0.2) is 24.3 Å². The van der Waals surface area contributed by atoms with Crippen LogP contribution in [-0.4, -0.2) is 6.54 Å². The summed E-state index contributed by atoms with van der Waals surface area (Å²) in [6.45, 7) is 4.67. The van der Waals surface area contributed by atoms with Crippen molar-refractivity contribution in [2.45, 2.75) is 51.7 Å². The van der Waals surface area contributed by atoms with Crippen LogP contribution in [0.25, 0.3) is 0 Å². The van der Waals surface area contributed by atoms with E-state index in [1.165, 1.54) is 12.5 Å². The Kier molecular flexibility index (Phi) is 6.35. The quantitative estimate of drug-likeness (QED) is 0.694. The summed E-state index contributed by atoms with van der Waals surface area (Å²) in [6, 6.07) is 5.50. The van der Waals surface area contributed by atoms with Gasteiger partial charge in [0.1, 0.15) is 0 Å². The lowest BCUT2D eigenvalue weighted by molar-refractivity contribution is -0.138. The number of unbranched alkanes of at least 4 members (excludes halogenated alkanes) is 3. The van der Waals surface area contributed by atoms with E-state index in [4.69, 9.17) is 0 Å². The highest BCUT2D eigenvalue weighted by atomic mass is 19.4. The Morgan fingerprint density at radius 2 is 1.79 bits per heavy atom. The first-order chi connectivity index (χ1) is 8.96. The maximum absolute atomic E-state index is 12.9. The third-order valence-electron chi connectivity index (χ3n) is 3.21. The molecule has 0 aliphatic carbocycles. The lowest BCUT2D eigenvalue weighted by atomic mass is 10.0. The Labute approximate surface area is 113 Å². The molecule has 0 fully saturated rings. The van der Waals surface area contributed by atoms with Crippen LogP contribution < -0.4 is 5.32 Å². The molecule has 1 atom stereocenters. The SMILES string of the molecule is CCCCCCNC(C)c1ccccc1C(F)(F)F. The molecule has 1 unspecified atom stereocenters. The number of halogens is 3. The highest BCUT2D eigenvalue weighted by Gasteiger charge is 2.33. The molecule has 19 heavy (non-hydrogen) atoms. The molecule has 1 nitrogen and oxygen atoms in total. The molecule has 1 aromatic carbocycles. The largest absolute Gasteiger partial charge is 0.416 e. The number of hydrogen-bond donors (Lipinski definition) is 1. The molecule has 0 saturated heterocycles. The Balaban J connectivity index is 2.59. The lowest BCUT2D eigenvalue weighted by Crippen LogP contribution is -2.23. The van der Waals surface area contributed by atoms with E-state index in [2.05, 4.69) is 12.2 Å². The van der Waals surface area contributed by atoms with Gasteiger partial charge < -0.3 is 5.32 Å². The summed E-state index contributed by atoms with van der Waals surface area (Å²) in [5.41, 5.74) is -0.214. The fourth-order valence-corrected chi connectivity index (χ4v) is 2.11. The molecule has 4 heteroatoms. The van der Waals surface area contributed by atoms with Gasteiger partial charge in [-0.1, -0.05) is 44.4 Å². The summed E-state index contributed by atoms with van der Waals surface area (Å²) in [6.07, 6.45) is 0.180. The average Bonchev–Trinajstić information content (AvgIpc) is 2.37. The zero-order valence-electron chi connectivity index (χ0n) is 11.6. The Morgan fingerprint density at radius 3 is 2.42 bits per heavy atom. The maximum atomic E-state index is 12.9. The van der Waals surface area contributed by atoms with Gasteiger partial charge in [-0.25, -0.2) is 0 Å². The van der Waals surface area contributed by atoms with E-state index >= 15 is 0 Å². The van der Waals surface area contributed by atoms with Gasteiger partial charge in [-0.3, -0.25) is 0 Å². The molecule has 1 aromatic rings. The summed E-state index contributed by atoms with van der Waals surface area (Å²) in [5.74, 6) is 0. The van der Waals surface area contributed by atoms with Gasteiger partial charge in [0, 0.05) is 6.04 Å². The number of nitrogens with one attached hydrogen (secondary N) is 1. The summed E-state index contributed by atoms with van der Waals surface area (Å²) in [4.78, 5) is 0. The second kappa shape index (κ2) is 7.53. The van der Waals surface area contributed by atoms with Gasteiger partial charge in [-0.2, -0.15) is 13.2 Å². The van der Waals surface area contributed by atoms with Crippen molar-refractivity contribution in [3.05, 3.63) is 35.4 Å². The molecule has 0 radical (unpaired) electrons. The van der Waals surface area contributed by atoms with Crippen LogP contribution in [-0.2, 0) is 6.18 Å². The molecule has 0 heterocycles. The molecular formula is C15H22F3N. The van der Waals surface area contributed by atoms with E-state index in [0.29, 0.717) is 5.56 Å². The van der Waals surface area contributed by atoms with Crippen LogP contribution >= 0.6 is 0 Å². The van der Waals surface area contributed by atoms with E-state index in [-0.39, 0.29) is 6.04 Å². The van der Waals surface area contributed by atoms with Gasteiger partial charge in [0.05, 0.1) is 5.56 Å². The fourth-order valence-electron chi connectivity index (χ4n) is 2.11. The van der Waals surface area contributed by atoms with Crippen molar-refractivity contribution in [1.82, 2.24) is 5.32 Å². The summed E-state index contributed by atoms with van der Waals surface area (Å²) in [7, 11) is 0. The Morgan fingerprint density at radius 1 is 1.11 bits per heavy atom. The van der Waals surface area contributed by atoms with E-state index in [1.54, 1.807) is 19.1 Å². The van der Waals surface area contributed by atoms with Crippen LogP contribution in [0.1, 0.15) is 56.7 Å². The molecule has 0 aliphatic heterocycles. The molecule has 0 saturated carbocycles. The minimum Gasteiger partial charge on any atom is -0.310 e. The fraction of sp³-hybridized carbons (Fsp3) is 0.600. The van der Waals surface area contributed by atoms with E-state index < -0.39 is 11.7 Å². The number of rotatable bonds is 7. The second-order valence-electron chi connectivity index (χ2n) is 4.82. The predicted molar refractivity (Wildman–Crippen MR) is 72.0 cm³/mol. The highest BCUT2D eigenvalue weighted by Crippen LogP contribution is 2.34. The molecule has 0 bridgehead atoms. The van der Waals surface area contributed by atoms with Crippen molar-refractivity contribution in [3.8, 4) is 0 Å². The first kappa shape index (κ1) is 16.0. The zero-order valence-corrected chi connectivity index (χ0v) is 11.6.